The molecule has 0 saturated heterocycles. The Balaban J connectivity index is 2.46. The molecule has 0 saturated carbocycles. The molecule has 0 radical (unpaired) electrons. The molecule has 0 atom stereocenters. The summed E-state index contributed by atoms with van der Waals surface area (Å²) >= 11 is 0. The minimum atomic E-state index is 0.745. The van der Waals surface area contributed by atoms with Crippen LogP contribution in [-0.2, 0) is 13.5 Å². The Kier molecular flexibility index (Phi) is 2.95. The smallest absolute Gasteiger partial charge is 0.131 e. The highest BCUT2D eigenvalue weighted by atomic mass is 15.1. The number of imidazole rings is 1. The number of nitrogens with zero attached hydrogens (tertiary/aromatic N) is 2. The Bertz CT molecular complexity index is 471. The van der Waals surface area contributed by atoms with Crippen molar-refractivity contribution in [2.24, 2.45) is 7.05 Å². The molecule has 2 aromatic rings. The molecule has 2 N–H and O–H groups in total. The quantitative estimate of drug-likeness (QED) is 0.855. The summed E-state index contributed by atoms with van der Waals surface area (Å²) in [6, 6.07) is 10.1. The van der Waals surface area contributed by atoms with Gasteiger partial charge in [-0.05, 0) is 6.42 Å². The van der Waals surface area contributed by atoms with Crippen molar-refractivity contribution in [3.63, 3.8) is 0 Å². The Morgan fingerprint density at radius 2 is 1.94 bits per heavy atom. The van der Waals surface area contributed by atoms with Crippen molar-refractivity contribution >= 4 is 5.82 Å². The first-order valence-electron chi connectivity index (χ1n) is 5.60. The number of hydrogen-bond donors (Lipinski definition) is 1. The van der Waals surface area contributed by atoms with E-state index in [1.165, 1.54) is 0 Å². The summed E-state index contributed by atoms with van der Waals surface area (Å²) in [5.41, 5.74) is 8.04. The van der Waals surface area contributed by atoms with Gasteiger partial charge in [0.2, 0.25) is 0 Å². The molecule has 0 fully saturated rings. The third-order valence-corrected chi connectivity index (χ3v) is 2.75. The van der Waals surface area contributed by atoms with E-state index in [0.717, 1.165) is 35.7 Å². The highest BCUT2D eigenvalue weighted by Crippen LogP contribution is 2.25. The van der Waals surface area contributed by atoms with Crippen LogP contribution in [0.3, 0.4) is 0 Å². The van der Waals surface area contributed by atoms with Crippen molar-refractivity contribution in [3.05, 3.63) is 36.2 Å². The molecule has 84 valence electrons. The Hall–Kier alpha value is -1.77. The number of aromatic nitrogens is 2. The van der Waals surface area contributed by atoms with Crippen LogP contribution in [0, 0.1) is 0 Å². The maximum absolute atomic E-state index is 6.07. The molecule has 0 spiro atoms. The van der Waals surface area contributed by atoms with Gasteiger partial charge in [-0.1, -0.05) is 37.3 Å². The van der Waals surface area contributed by atoms with E-state index in [2.05, 4.69) is 11.9 Å². The lowest BCUT2D eigenvalue weighted by Crippen LogP contribution is -2.01. The molecule has 1 aromatic carbocycles. The van der Waals surface area contributed by atoms with E-state index >= 15 is 0 Å². The molecule has 1 heterocycles. The van der Waals surface area contributed by atoms with Crippen molar-refractivity contribution in [2.75, 3.05) is 5.73 Å². The van der Waals surface area contributed by atoms with Gasteiger partial charge in [0.25, 0.3) is 0 Å². The van der Waals surface area contributed by atoms with Gasteiger partial charge in [-0.3, -0.25) is 0 Å². The van der Waals surface area contributed by atoms with E-state index in [0.29, 0.717) is 0 Å². The van der Waals surface area contributed by atoms with Gasteiger partial charge in [-0.2, -0.15) is 0 Å². The summed E-state index contributed by atoms with van der Waals surface area (Å²) in [5, 5.41) is 0. The van der Waals surface area contributed by atoms with E-state index in [-0.39, 0.29) is 0 Å². The molecule has 3 heteroatoms. The van der Waals surface area contributed by atoms with Gasteiger partial charge in [-0.25, -0.2) is 4.98 Å². The summed E-state index contributed by atoms with van der Waals surface area (Å²) in [7, 11) is 1.97. The van der Waals surface area contributed by atoms with Crippen LogP contribution in [0.15, 0.2) is 30.3 Å². The summed E-state index contributed by atoms with van der Waals surface area (Å²) in [5.74, 6) is 1.80. The normalized spacial score (nSPS) is 10.6. The first-order valence-corrected chi connectivity index (χ1v) is 5.60. The maximum atomic E-state index is 6.07. The average Bonchev–Trinajstić information content (AvgIpc) is 2.59. The standard InChI is InChI=1S/C13H17N3/c1-3-7-11-15-12(13(14)16(11)2)10-8-5-4-6-9-10/h4-6,8-9H,3,7,14H2,1-2H3. The van der Waals surface area contributed by atoms with Crippen molar-refractivity contribution in [2.45, 2.75) is 19.8 Å². The minimum Gasteiger partial charge on any atom is -0.383 e. The molecule has 1 aromatic heterocycles. The maximum Gasteiger partial charge on any atom is 0.131 e. The summed E-state index contributed by atoms with van der Waals surface area (Å²) in [6.45, 7) is 2.15. The molecule has 0 unspecified atom stereocenters. The molecular formula is C13H17N3. The number of nitrogen functional groups attached to an aromatic ring is 1. The van der Waals surface area contributed by atoms with Crippen LogP contribution < -0.4 is 5.73 Å². The molecule has 0 bridgehead atoms. The number of rotatable bonds is 3. The Morgan fingerprint density at radius 3 is 2.56 bits per heavy atom. The Labute approximate surface area is 95.9 Å². The third-order valence-electron chi connectivity index (χ3n) is 2.75. The van der Waals surface area contributed by atoms with E-state index in [1.54, 1.807) is 0 Å². The van der Waals surface area contributed by atoms with Gasteiger partial charge in [-0.15, -0.1) is 0 Å². The van der Waals surface area contributed by atoms with Crippen molar-refractivity contribution < 1.29 is 0 Å². The molecule has 0 aliphatic rings. The van der Waals surface area contributed by atoms with Gasteiger partial charge < -0.3 is 10.3 Å². The first-order chi connectivity index (χ1) is 7.74. The van der Waals surface area contributed by atoms with Crippen molar-refractivity contribution in [3.8, 4) is 11.3 Å². The number of anilines is 1. The fourth-order valence-electron chi connectivity index (χ4n) is 1.81. The highest BCUT2D eigenvalue weighted by Gasteiger charge is 2.12. The molecular weight excluding hydrogens is 198 g/mol. The van der Waals surface area contributed by atoms with Crippen LogP contribution in [0.2, 0.25) is 0 Å². The van der Waals surface area contributed by atoms with Crippen LogP contribution in [0.1, 0.15) is 19.2 Å². The van der Waals surface area contributed by atoms with Crippen molar-refractivity contribution in [1.82, 2.24) is 9.55 Å². The molecule has 0 amide bonds. The van der Waals surface area contributed by atoms with Gasteiger partial charge in [0.05, 0.1) is 0 Å². The lowest BCUT2D eigenvalue weighted by Gasteiger charge is -2.00. The second kappa shape index (κ2) is 4.39. The zero-order valence-corrected chi connectivity index (χ0v) is 9.77. The topological polar surface area (TPSA) is 43.8 Å². The van der Waals surface area contributed by atoms with E-state index in [1.807, 2.05) is 41.9 Å². The van der Waals surface area contributed by atoms with E-state index in [9.17, 15) is 0 Å². The highest BCUT2D eigenvalue weighted by molar-refractivity contribution is 5.70. The van der Waals surface area contributed by atoms with Crippen molar-refractivity contribution in [1.29, 1.82) is 0 Å². The first kappa shape index (κ1) is 10.7. The third kappa shape index (κ3) is 1.81. The summed E-state index contributed by atoms with van der Waals surface area (Å²) < 4.78 is 1.98. The predicted molar refractivity (Wildman–Crippen MR) is 67.1 cm³/mol. The average molecular weight is 215 g/mol. The fourth-order valence-corrected chi connectivity index (χ4v) is 1.81. The molecule has 0 aliphatic heterocycles. The van der Waals surface area contributed by atoms with Crippen LogP contribution in [0.4, 0.5) is 5.82 Å². The van der Waals surface area contributed by atoms with Crippen LogP contribution in [0.25, 0.3) is 11.3 Å². The number of aryl methyl sites for hydroxylation is 1. The number of benzene rings is 1. The number of nitrogens with two attached hydrogens (primary N) is 1. The molecule has 2 rings (SSSR count). The molecule has 0 aliphatic carbocycles. The minimum absolute atomic E-state index is 0.745. The van der Waals surface area contributed by atoms with Gasteiger partial charge in [0, 0.05) is 19.0 Å². The fraction of sp³-hybridized carbons (Fsp3) is 0.308. The predicted octanol–water partition coefficient (Wildman–Crippen LogP) is 2.62. The lowest BCUT2D eigenvalue weighted by molar-refractivity contribution is 0.764. The zero-order valence-electron chi connectivity index (χ0n) is 9.77. The second-order valence-electron chi connectivity index (χ2n) is 3.94. The van der Waals surface area contributed by atoms with Crippen LogP contribution >= 0.6 is 0 Å². The van der Waals surface area contributed by atoms with E-state index in [4.69, 9.17) is 5.73 Å². The van der Waals surface area contributed by atoms with Crippen LogP contribution in [0.5, 0.6) is 0 Å². The molecule has 3 nitrogen and oxygen atoms in total. The largest absolute Gasteiger partial charge is 0.383 e. The molecule has 16 heavy (non-hydrogen) atoms. The zero-order chi connectivity index (χ0) is 11.5. The van der Waals surface area contributed by atoms with E-state index < -0.39 is 0 Å². The second-order valence-corrected chi connectivity index (χ2v) is 3.94. The summed E-state index contributed by atoms with van der Waals surface area (Å²) in [4.78, 5) is 4.61. The number of hydrogen-bond acceptors (Lipinski definition) is 2. The lowest BCUT2D eigenvalue weighted by atomic mass is 10.1. The monoisotopic (exact) mass is 215 g/mol. The van der Waals surface area contributed by atoms with Gasteiger partial charge in [0.1, 0.15) is 17.3 Å². The Morgan fingerprint density at radius 1 is 1.25 bits per heavy atom. The van der Waals surface area contributed by atoms with Crippen LogP contribution in [-0.4, -0.2) is 9.55 Å². The SMILES string of the molecule is CCCc1nc(-c2ccccc2)c(N)n1C. The van der Waals surface area contributed by atoms with Gasteiger partial charge >= 0.3 is 0 Å². The summed E-state index contributed by atoms with van der Waals surface area (Å²) in [6.07, 6.45) is 2.05. The van der Waals surface area contributed by atoms with Gasteiger partial charge in [0.15, 0.2) is 0 Å².